The van der Waals surface area contributed by atoms with Crippen LogP contribution >= 0.6 is 0 Å². The number of nitrogens with one attached hydrogen (secondary N) is 1. The number of nitriles is 1. The highest BCUT2D eigenvalue weighted by molar-refractivity contribution is 5.54. The summed E-state index contributed by atoms with van der Waals surface area (Å²) < 4.78 is 0. The fourth-order valence-electron chi connectivity index (χ4n) is 1.48. The normalized spacial score (nSPS) is 14.1. The van der Waals surface area contributed by atoms with Gasteiger partial charge in [-0.3, -0.25) is 0 Å². The Hall–Kier alpha value is -1.83. The van der Waals surface area contributed by atoms with Crippen LogP contribution in [0.15, 0.2) is 6.20 Å². The van der Waals surface area contributed by atoms with Crippen LogP contribution in [0.1, 0.15) is 39.7 Å². The summed E-state index contributed by atoms with van der Waals surface area (Å²) in [6.45, 7) is 8.47. The maximum atomic E-state index is 9.01. The molecule has 0 spiro atoms. The van der Waals surface area contributed by atoms with Gasteiger partial charge >= 0.3 is 0 Å². The summed E-state index contributed by atoms with van der Waals surface area (Å²) in [4.78, 5) is 7.91. The zero-order valence-corrected chi connectivity index (χ0v) is 10.8. The molecule has 17 heavy (non-hydrogen) atoms. The van der Waals surface area contributed by atoms with Crippen molar-refractivity contribution in [1.82, 2.24) is 9.97 Å². The minimum Gasteiger partial charge on any atom is -0.368 e. The highest BCUT2D eigenvalue weighted by Gasteiger charge is 2.27. The van der Waals surface area contributed by atoms with Crippen molar-refractivity contribution in [1.29, 1.82) is 5.26 Å². The second-order valence-corrected chi connectivity index (χ2v) is 4.65. The second-order valence-electron chi connectivity index (χ2n) is 4.65. The van der Waals surface area contributed by atoms with E-state index in [1.807, 2.05) is 0 Å². The van der Waals surface area contributed by atoms with Crippen LogP contribution in [0.25, 0.3) is 0 Å². The molecule has 1 aromatic heterocycles. The molecule has 0 amide bonds. The van der Waals surface area contributed by atoms with E-state index in [2.05, 4.69) is 49.0 Å². The molecule has 92 valence electrons. The SMILES string of the molecule is CC[C@@](C)(Nc1nc(N)ncc1C#N)C(C)C. The van der Waals surface area contributed by atoms with Crippen LogP contribution in [0.3, 0.4) is 0 Å². The Morgan fingerprint density at radius 3 is 2.71 bits per heavy atom. The number of aromatic nitrogens is 2. The first-order valence-corrected chi connectivity index (χ1v) is 5.73. The van der Waals surface area contributed by atoms with Crippen LogP contribution < -0.4 is 11.1 Å². The zero-order chi connectivity index (χ0) is 13.1. The van der Waals surface area contributed by atoms with E-state index >= 15 is 0 Å². The summed E-state index contributed by atoms with van der Waals surface area (Å²) >= 11 is 0. The third-order valence-corrected chi connectivity index (χ3v) is 3.34. The molecular formula is C12H19N5. The molecule has 0 aliphatic rings. The van der Waals surface area contributed by atoms with Gasteiger partial charge in [0.1, 0.15) is 17.5 Å². The lowest BCUT2D eigenvalue weighted by molar-refractivity contribution is 0.360. The first-order valence-electron chi connectivity index (χ1n) is 5.73. The largest absolute Gasteiger partial charge is 0.368 e. The van der Waals surface area contributed by atoms with Gasteiger partial charge in [-0.25, -0.2) is 4.98 Å². The molecule has 0 aromatic carbocycles. The van der Waals surface area contributed by atoms with Crippen molar-refractivity contribution in [3.05, 3.63) is 11.8 Å². The lowest BCUT2D eigenvalue weighted by atomic mass is 9.86. The molecule has 0 unspecified atom stereocenters. The van der Waals surface area contributed by atoms with Crippen LogP contribution in [0, 0.1) is 17.2 Å². The predicted molar refractivity (Wildman–Crippen MR) is 68.3 cm³/mol. The van der Waals surface area contributed by atoms with Gasteiger partial charge in [0.25, 0.3) is 0 Å². The van der Waals surface area contributed by atoms with Crippen LogP contribution in [0.5, 0.6) is 0 Å². The zero-order valence-electron chi connectivity index (χ0n) is 10.8. The molecule has 5 nitrogen and oxygen atoms in total. The lowest BCUT2D eigenvalue weighted by Crippen LogP contribution is -2.40. The Labute approximate surface area is 102 Å². The summed E-state index contributed by atoms with van der Waals surface area (Å²) in [6, 6.07) is 2.07. The van der Waals surface area contributed by atoms with Gasteiger partial charge < -0.3 is 11.1 Å². The summed E-state index contributed by atoms with van der Waals surface area (Å²) in [6.07, 6.45) is 2.38. The summed E-state index contributed by atoms with van der Waals surface area (Å²) in [5.41, 5.74) is 5.84. The van der Waals surface area contributed by atoms with Crippen LogP contribution in [0.2, 0.25) is 0 Å². The third kappa shape index (κ3) is 2.84. The van der Waals surface area contributed by atoms with Gasteiger partial charge in [-0.1, -0.05) is 20.8 Å². The molecule has 0 fully saturated rings. The predicted octanol–water partition coefficient (Wildman–Crippen LogP) is 2.17. The first-order chi connectivity index (χ1) is 7.92. The summed E-state index contributed by atoms with van der Waals surface area (Å²) in [7, 11) is 0. The van der Waals surface area contributed by atoms with Gasteiger partial charge in [-0.15, -0.1) is 0 Å². The molecule has 0 radical (unpaired) electrons. The van der Waals surface area contributed by atoms with E-state index in [4.69, 9.17) is 11.0 Å². The number of hydrogen-bond donors (Lipinski definition) is 2. The topological polar surface area (TPSA) is 87.6 Å². The smallest absolute Gasteiger partial charge is 0.222 e. The highest BCUT2D eigenvalue weighted by Crippen LogP contribution is 2.26. The number of nitrogen functional groups attached to an aromatic ring is 1. The maximum Gasteiger partial charge on any atom is 0.222 e. The fourth-order valence-corrected chi connectivity index (χ4v) is 1.48. The van der Waals surface area contributed by atoms with Gasteiger partial charge in [0.2, 0.25) is 5.95 Å². The van der Waals surface area contributed by atoms with Crippen molar-refractivity contribution in [3.63, 3.8) is 0 Å². The molecule has 3 N–H and O–H groups in total. The first kappa shape index (κ1) is 13.2. The highest BCUT2D eigenvalue weighted by atomic mass is 15.1. The average molecular weight is 233 g/mol. The van der Waals surface area contributed by atoms with Crippen LogP contribution in [-0.2, 0) is 0 Å². The number of rotatable bonds is 4. The van der Waals surface area contributed by atoms with E-state index in [0.29, 0.717) is 17.3 Å². The van der Waals surface area contributed by atoms with Crippen LogP contribution in [-0.4, -0.2) is 15.5 Å². The van der Waals surface area contributed by atoms with Crippen molar-refractivity contribution >= 4 is 11.8 Å². The molecule has 0 saturated carbocycles. The van der Waals surface area contributed by atoms with Crippen molar-refractivity contribution in [2.45, 2.75) is 39.7 Å². The average Bonchev–Trinajstić information content (AvgIpc) is 2.29. The Morgan fingerprint density at radius 1 is 1.59 bits per heavy atom. The standard InChI is InChI=1S/C12H19N5/c1-5-12(4,8(2)3)17-10-9(6-13)7-15-11(14)16-10/h7-8H,5H2,1-4H3,(H3,14,15,16,17)/t12-/m1/s1. The molecule has 0 saturated heterocycles. The number of nitrogens with two attached hydrogens (primary N) is 1. The molecule has 1 heterocycles. The lowest BCUT2D eigenvalue weighted by Gasteiger charge is -2.34. The van der Waals surface area contributed by atoms with Gasteiger partial charge in [-0.2, -0.15) is 10.2 Å². The molecule has 1 atom stereocenters. The van der Waals surface area contributed by atoms with E-state index < -0.39 is 0 Å². The van der Waals surface area contributed by atoms with E-state index in [9.17, 15) is 0 Å². The molecule has 0 aliphatic heterocycles. The van der Waals surface area contributed by atoms with Crippen molar-refractivity contribution in [2.24, 2.45) is 5.92 Å². The summed E-state index contributed by atoms with van der Waals surface area (Å²) in [5, 5.41) is 12.3. The van der Waals surface area contributed by atoms with Crippen molar-refractivity contribution < 1.29 is 0 Å². The molecule has 0 aliphatic carbocycles. The molecule has 5 heteroatoms. The van der Waals surface area contributed by atoms with Gasteiger partial charge in [0, 0.05) is 5.54 Å². The Kier molecular flexibility index (Phi) is 3.89. The van der Waals surface area contributed by atoms with Crippen molar-refractivity contribution in [2.75, 3.05) is 11.1 Å². The number of hydrogen-bond acceptors (Lipinski definition) is 5. The van der Waals surface area contributed by atoms with Crippen LogP contribution in [0.4, 0.5) is 11.8 Å². The fraction of sp³-hybridized carbons (Fsp3) is 0.583. The van der Waals surface area contributed by atoms with E-state index in [1.54, 1.807) is 0 Å². The van der Waals surface area contributed by atoms with Gasteiger partial charge in [0.05, 0.1) is 6.20 Å². The minimum atomic E-state index is -0.119. The third-order valence-electron chi connectivity index (χ3n) is 3.34. The number of anilines is 2. The van der Waals surface area contributed by atoms with E-state index in [1.165, 1.54) is 6.20 Å². The Morgan fingerprint density at radius 2 is 2.24 bits per heavy atom. The molecule has 0 bridgehead atoms. The second kappa shape index (κ2) is 5.00. The number of nitrogens with zero attached hydrogens (tertiary/aromatic N) is 3. The molecular weight excluding hydrogens is 214 g/mol. The molecule has 1 aromatic rings. The van der Waals surface area contributed by atoms with E-state index in [0.717, 1.165) is 6.42 Å². The van der Waals surface area contributed by atoms with Gasteiger partial charge in [0.15, 0.2) is 0 Å². The van der Waals surface area contributed by atoms with E-state index in [-0.39, 0.29) is 11.5 Å². The summed E-state index contributed by atoms with van der Waals surface area (Å²) in [5.74, 6) is 1.10. The minimum absolute atomic E-state index is 0.119. The van der Waals surface area contributed by atoms with Crippen molar-refractivity contribution in [3.8, 4) is 6.07 Å². The molecule has 1 rings (SSSR count). The monoisotopic (exact) mass is 233 g/mol. The Bertz CT molecular complexity index is 435. The Balaban J connectivity index is 3.10. The van der Waals surface area contributed by atoms with Gasteiger partial charge in [-0.05, 0) is 19.3 Å². The quantitative estimate of drug-likeness (QED) is 0.832. The maximum absolute atomic E-state index is 9.01.